The van der Waals surface area contributed by atoms with Gasteiger partial charge in [-0.1, -0.05) is 0 Å². The van der Waals surface area contributed by atoms with Crippen molar-refractivity contribution in [3.8, 4) is 0 Å². The SMILES string of the molecule is CCOC(=O)C(C)Nc1nc(NC)nc2[nH]ncc12. The van der Waals surface area contributed by atoms with Crippen molar-refractivity contribution >= 4 is 28.8 Å². The lowest BCUT2D eigenvalue weighted by atomic mass is 10.3. The van der Waals surface area contributed by atoms with E-state index in [1.165, 1.54) is 0 Å². The molecule has 0 spiro atoms. The maximum absolute atomic E-state index is 11.6. The number of ether oxygens (including phenoxy) is 1. The summed E-state index contributed by atoms with van der Waals surface area (Å²) in [5, 5.41) is 13.3. The second kappa shape index (κ2) is 5.51. The van der Waals surface area contributed by atoms with Crippen LogP contribution in [0.1, 0.15) is 13.8 Å². The summed E-state index contributed by atoms with van der Waals surface area (Å²) in [6.45, 7) is 3.82. The lowest BCUT2D eigenvalue weighted by Crippen LogP contribution is -2.28. The standard InChI is InChI=1S/C11H16N6O2/c1-4-19-10(18)6(2)14-8-7-5-13-17-9(7)16-11(12-3)15-8/h5-6H,4H2,1-3H3,(H3,12,13,14,15,16,17). The van der Waals surface area contributed by atoms with Gasteiger partial charge < -0.3 is 15.4 Å². The Labute approximate surface area is 110 Å². The lowest BCUT2D eigenvalue weighted by Gasteiger charge is -2.14. The maximum Gasteiger partial charge on any atom is 0.328 e. The van der Waals surface area contributed by atoms with E-state index in [4.69, 9.17) is 4.74 Å². The molecule has 0 bridgehead atoms. The van der Waals surface area contributed by atoms with Crippen LogP contribution >= 0.6 is 0 Å². The second-order valence-corrected chi connectivity index (χ2v) is 3.90. The van der Waals surface area contributed by atoms with Crippen molar-refractivity contribution in [3.05, 3.63) is 6.20 Å². The van der Waals surface area contributed by atoms with Crippen LogP contribution < -0.4 is 10.6 Å². The van der Waals surface area contributed by atoms with E-state index in [9.17, 15) is 4.79 Å². The van der Waals surface area contributed by atoms with E-state index in [0.29, 0.717) is 24.0 Å². The van der Waals surface area contributed by atoms with Crippen molar-refractivity contribution in [2.24, 2.45) is 0 Å². The first-order valence-corrected chi connectivity index (χ1v) is 5.97. The summed E-state index contributed by atoms with van der Waals surface area (Å²) in [5.41, 5.74) is 0.595. The molecule has 0 radical (unpaired) electrons. The number of anilines is 2. The van der Waals surface area contributed by atoms with Crippen molar-refractivity contribution in [3.63, 3.8) is 0 Å². The van der Waals surface area contributed by atoms with Gasteiger partial charge in [0, 0.05) is 7.05 Å². The average Bonchev–Trinajstić information content (AvgIpc) is 2.87. The normalized spacial score (nSPS) is 12.2. The van der Waals surface area contributed by atoms with E-state index >= 15 is 0 Å². The molecular formula is C11H16N6O2. The van der Waals surface area contributed by atoms with Gasteiger partial charge in [-0.15, -0.1) is 0 Å². The van der Waals surface area contributed by atoms with Crippen LogP contribution in [0.2, 0.25) is 0 Å². The highest BCUT2D eigenvalue weighted by Gasteiger charge is 2.17. The van der Waals surface area contributed by atoms with E-state index in [2.05, 4.69) is 30.8 Å². The molecule has 102 valence electrons. The van der Waals surface area contributed by atoms with Gasteiger partial charge in [-0.05, 0) is 13.8 Å². The minimum absolute atomic E-state index is 0.330. The van der Waals surface area contributed by atoms with Gasteiger partial charge in [0.2, 0.25) is 5.95 Å². The Morgan fingerprint density at radius 3 is 3.00 bits per heavy atom. The van der Waals surface area contributed by atoms with Crippen LogP contribution in [0, 0.1) is 0 Å². The highest BCUT2D eigenvalue weighted by Crippen LogP contribution is 2.20. The number of hydrogen-bond acceptors (Lipinski definition) is 7. The number of rotatable bonds is 5. The molecule has 1 unspecified atom stereocenters. The summed E-state index contributed by atoms with van der Waals surface area (Å²) in [4.78, 5) is 20.1. The van der Waals surface area contributed by atoms with Gasteiger partial charge in [0.05, 0.1) is 18.2 Å². The molecule has 2 heterocycles. The van der Waals surface area contributed by atoms with Gasteiger partial charge in [-0.2, -0.15) is 15.1 Å². The predicted molar refractivity (Wildman–Crippen MR) is 70.9 cm³/mol. The van der Waals surface area contributed by atoms with E-state index in [1.807, 2.05) is 0 Å². The summed E-state index contributed by atoms with van der Waals surface area (Å²) >= 11 is 0. The Hall–Kier alpha value is -2.38. The molecule has 0 fully saturated rings. The number of aromatic nitrogens is 4. The highest BCUT2D eigenvalue weighted by atomic mass is 16.5. The number of carbonyl (C=O) groups is 1. The summed E-state index contributed by atoms with van der Waals surface area (Å²) in [6.07, 6.45) is 1.61. The predicted octanol–water partition coefficient (Wildman–Crippen LogP) is 0.758. The third-order valence-electron chi connectivity index (χ3n) is 2.53. The fraction of sp³-hybridized carbons (Fsp3) is 0.455. The molecule has 0 saturated heterocycles. The smallest absolute Gasteiger partial charge is 0.328 e. The third kappa shape index (κ3) is 2.72. The minimum Gasteiger partial charge on any atom is -0.464 e. The van der Waals surface area contributed by atoms with Crippen LogP contribution in [0.15, 0.2) is 6.20 Å². The zero-order valence-electron chi connectivity index (χ0n) is 11.0. The molecule has 2 aromatic heterocycles. The number of H-pyrrole nitrogens is 1. The molecule has 0 amide bonds. The van der Waals surface area contributed by atoms with E-state index < -0.39 is 6.04 Å². The summed E-state index contributed by atoms with van der Waals surface area (Å²) in [5.74, 6) is 0.641. The van der Waals surface area contributed by atoms with Gasteiger partial charge in [0.15, 0.2) is 5.65 Å². The van der Waals surface area contributed by atoms with Crippen molar-refractivity contribution in [1.29, 1.82) is 0 Å². The number of aromatic amines is 1. The fourth-order valence-corrected chi connectivity index (χ4v) is 1.59. The molecule has 2 rings (SSSR count). The summed E-state index contributed by atoms with van der Waals surface area (Å²) < 4.78 is 4.94. The molecule has 8 nitrogen and oxygen atoms in total. The zero-order chi connectivity index (χ0) is 13.8. The van der Waals surface area contributed by atoms with E-state index in [0.717, 1.165) is 5.39 Å². The number of esters is 1. The Kier molecular flexibility index (Phi) is 3.79. The number of nitrogens with zero attached hydrogens (tertiary/aromatic N) is 3. The van der Waals surface area contributed by atoms with Gasteiger partial charge in [-0.3, -0.25) is 5.10 Å². The minimum atomic E-state index is -0.502. The van der Waals surface area contributed by atoms with Gasteiger partial charge in [-0.25, -0.2) is 4.79 Å². The fourth-order valence-electron chi connectivity index (χ4n) is 1.59. The van der Waals surface area contributed by atoms with Gasteiger partial charge in [0.25, 0.3) is 0 Å². The molecule has 2 aromatic rings. The van der Waals surface area contributed by atoms with Crippen LogP contribution in [0.25, 0.3) is 11.0 Å². The second-order valence-electron chi connectivity index (χ2n) is 3.90. The van der Waals surface area contributed by atoms with Crippen LogP contribution in [0.4, 0.5) is 11.8 Å². The molecule has 3 N–H and O–H groups in total. The van der Waals surface area contributed by atoms with Gasteiger partial charge in [0.1, 0.15) is 11.9 Å². The van der Waals surface area contributed by atoms with Gasteiger partial charge >= 0.3 is 5.97 Å². The van der Waals surface area contributed by atoms with Crippen LogP contribution in [-0.2, 0) is 9.53 Å². The Morgan fingerprint density at radius 1 is 1.53 bits per heavy atom. The first-order chi connectivity index (χ1) is 9.15. The van der Waals surface area contributed by atoms with E-state index in [1.54, 1.807) is 27.1 Å². The number of fused-ring (bicyclic) bond motifs is 1. The van der Waals surface area contributed by atoms with Crippen molar-refractivity contribution in [2.45, 2.75) is 19.9 Å². The van der Waals surface area contributed by atoms with Crippen LogP contribution in [0.5, 0.6) is 0 Å². The molecule has 0 aromatic carbocycles. The number of carbonyl (C=O) groups excluding carboxylic acids is 1. The molecule has 8 heteroatoms. The van der Waals surface area contributed by atoms with Crippen molar-refractivity contribution in [2.75, 3.05) is 24.3 Å². The molecule has 0 saturated carbocycles. The molecule has 0 aliphatic rings. The first-order valence-electron chi connectivity index (χ1n) is 5.97. The third-order valence-corrected chi connectivity index (χ3v) is 2.53. The van der Waals surface area contributed by atoms with E-state index in [-0.39, 0.29) is 5.97 Å². The number of nitrogens with one attached hydrogen (secondary N) is 3. The maximum atomic E-state index is 11.6. The Balaban J connectivity index is 2.28. The topological polar surface area (TPSA) is 105 Å². The lowest BCUT2D eigenvalue weighted by molar-refractivity contribution is -0.143. The molecule has 19 heavy (non-hydrogen) atoms. The monoisotopic (exact) mass is 264 g/mol. The largest absolute Gasteiger partial charge is 0.464 e. The summed E-state index contributed by atoms with van der Waals surface area (Å²) in [7, 11) is 1.72. The zero-order valence-corrected chi connectivity index (χ0v) is 11.0. The summed E-state index contributed by atoms with van der Waals surface area (Å²) in [6, 6.07) is -0.502. The van der Waals surface area contributed by atoms with Crippen molar-refractivity contribution < 1.29 is 9.53 Å². The van der Waals surface area contributed by atoms with Crippen LogP contribution in [0.3, 0.4) is 0 Å². The Morgan fingerprint density at radius 2 is 2.32 bits per heavy atom. The van der Waals surface area contributed by atoms with Crippen LogP contribution in [-0.4, -0.2) is 45.8 Å². The molecular weight excluding hydrogens is 248 g/mol. The molecule has 1 atom stereocenters. The highest BCUT2D eigenvalue weighted by molar-refractivity contribution is 5.89. The quantitative estimate of drug-likeness (QED) is 0.684. The number of hydrogen-bond donors (Lipinski definition) is 3. The average molecular weight is 264 g/mol. The van der Waals surface area contributed by atoms with Crippen molar-refractivity contribution in [1.82, 2.24) is 20.2 Å². The first kappa shape index (κ1) is 13.1. The molecule has 0 aliphatic carbocycles. The molecule has 0 aliphatic heterocycles. The Bertz CT molecular complexity index is 582.